The molecule has 0 bridgehead atoms. The second-order valence-corrected chi connectivity index (χ2v) is 6.25. The highest BCUT2D eigenvalue weighted by Gasteiger charge is 2.35. The molecule has 0 saturated carbocycles. The van der Waals surface area contributed by atoms with Gasteiger partial charge in [-0.1, -0.05) is 42.5 Å². The van der Waals surface area contributed by atoms with Crippen LogP contribution in [0.25, 0.3) is 0 Å². The number of hydrogen-bond acceptors (Lipinski definition) is 4. The van der Waals surface area contributed by atoms with Crippen molar-refractivity contribution in [3.8, 4) is 5.75 Å². The molecule has 0 spiro atoms. The van der Waals surface area contributed by atoms with Gasteiger partial charge < -0.3 is 20.5 Å². The molecule has 0 atom stereocenters. The van der Waals surface area contributed by atoms with Gasteiger partial charge in [0.2, 0.25) is 5.91 Å². The van der Waals surface area contributed by atoms with Crippen molar-refractivity contribution in [1.29, 1.82) is 0 Å². The number of rotatable bonds is 6. The number of nitrogens with one attached hydrogen (secondary N) is 1. The van der Waals surface area contributed by atoms with Crippen LogP contribution in [0, 0.1) is 0 Å². The first-order chi connectivity index (χ1) is 12.2. The van der Waals surface area contributed by atoms with Crippen LogP contribution >= 0.6 is 12.4 Å². The van der Waals surface area contributed by atoms with E-state index in [0.717, 1.165) is 29.7 Å². The molecule has 5 nitrogen and oxygen atoms in total. The lowest BCUT2D eigenvalue weighted by Gasteiger charge is -2.38. The number of amides is 1. The molecule has 3 N–H and O–H groups in total. The largest absolute Gasteiger partial charge is 0.489 e. The SMILES string of the molecule is Cl.NCC(=O)NC1(c2ccc(OCc3ccccc3)cc2)CCOCC1. The predicted octanol–water partition coefficient (Wildman–Crippen LogP) is 2.77. The highest BCUT2D eigenvalue weighted by atomic mass is 35.5. The van der Waals surface area contributed by atoms with Crippen LogP contribution in [0.2, 0.25) is 0 Å². The number of hydrogen-bond donors (Lipinski definition) is 2. The van der Waals surface area contributed by atoms with Crippen LogP contribution in [0.3, 0.4) is 0 Å². The molecule has 140 valence electrons. The smallest absolute Gasteiger partial charge is 0.234 e. The number of carbonyl (C=O) groups excluding carboxylic acids is 1. The Morgan fingerprint density at radius 3 is 2.35 bits per heavy atom. The molecule has 1 amide bonds. The Bertz CT molecular complexity index is 686. The van der Waals surface area contributed by atoms with Gasteiger partial charge in [0.05, 0.1) is 12.1 Å². The van der Waals surface area contributed by atoms with Crippen LogP contribution in [-0.4, -0.2) is 25.7 Å². The quantitative estimate of drug-likeness (QED) is 0.813. The van der Waals surface area contributed by atoms with Crippen LogP contribution in [0.4, 0.5) is 0 Å². The van der Waals surface area contributed by atoms with E-state index in [1.54, 1.807) is 0 Å². The third kappa shape index (κ3) is 4.97. The molecule has 1 heterocycles. The first-order valence-electron chi connectivity index (χ1n) is 8.58. The molecule has 1 saturated heterocycles. The van der Waals surface area contributed by atoms with Crippen LogP contribution in [0.15, 0.2) is 54.6 Å². The average Bonchev–Trinajstić information content (AvgIpc) is 2.68. The molecule has 0 unspecified atom stereocenters. The molecule has 0 aromatic heterocycles. The second-order valence-electron chi connectivity index (χ2n) is 6.25. The van der Waals surface area contributed by atoms with E-state index in [2.05, 4.69) is 5.32 Å². The molecule has 2 aromatic carbocycles. The Morgan fingerprint density at radius 1 is 1.08 bits per heavy atom. The topological polar surface area (TPSA) is 73.6 Å². The first kappa shape index (κ1) is 20.2. The summed E-state index contributed by atoms with van der Waals surface area (Å²) < 4.78 is 11.3. The van der Waals surface area contributed by atoms with E-state index in [1.165, 1.54) is 0 Å². The molecule has 1 aliphatic heterocycles. The number of carbonyl (C=O) groups is 1. The van der Waals surface area contributed by atoms with Gasteiger partial charge in [0, 0.05) is 13.2 Å². The molecule has 26 heavy (non-hydrogen) atoms. The van der Waals surface area contributed by atoms with Crippen LogP contribution in [0.1, 0.15) is 24.0 Å². The average molecular weight is 377 g/mol. The van der Waals surface area contributed by atoms with Crippen LogP contribution in [0.5, 0.6) is 5.75 Å². The lowest BCUT2D eigenvalue weighted by atomic mass is 9.82. The predicted molar refractivity (Wildman–Crippen MR) is 103 cm³/mol. The van der Waals surface area contributed by atoms with Gasteiger partial charge in [0.1, 0.15) is 12.4 Å². The van der Waals surface area contributed by atoms with E-state index in [0.29, 0.717) is 19.8 Å². The van der Waals surface area contributed by atoms with Crippen molar-refractivity contribution in [2.24, 2.45) is 5.73 Å². The summed E-state index contributed by atoms with van der Waals surface area (Å²) in [5, 5.41) is 3.09. The number of benzene rings is 2. The Hall–Kier alpha value is -2.08. The van der Waals surface area contributed by atoms with Crippen molar-refractivity contribution in [3.63, 3.8) is 0 Å². The van der Waals surface area contributed by atoms with E-state index in [-0.39, 0.29) is 24.9 Å². The number of ether oxygens (including phenoxy) is 2. The third-order valence-corrected chi connectivity index (χ3v) is 4.57. The minimum atomic E-state index is -0.410. The van der Waals surface area contributed by atoms with Crippen molar-refractivity contribution in [1.82, 2.24) is 5.32 Å². The normalized spacial score (nSPS) is 15.6. The summed E-state index contributed by atoms with van der Waals surface area (Å²) in [6.07, 6.45) is 1.48. The standard InChI is InChI=1S/C20H24N2O3.ClH/c21-14-19(23)22-20(10-12-24-13-11-20)17-6-8-18(9-7-17)25-15-16-4-2-1-3-5-16;/h1-9H,10-15,21H2,(H,22,23);1H. The van der Waals surface area contributed by atoms with E-state index in [9.17, 15) is 4.79 Å². The Balaban J connectivity index is 0.00000243. The molecular weight excluding hydrogens is 352 g/mol. The van der Waals surface area contributed by atoms with E-state index in [4.69, 9.17) is 15.2 Å². The first-order valence-corrected chi connectivity index (χ1v) is 8.58. The maximum atomic E-state index is 11.9. The minimum Gasteiger partial charge on any atom is -0.489 e. The van der Waals surface area contributed by atoms with Gasteiger partial charge in [-0.2, -0.15) is 0 Å². The Labute approximate surface area is 160 Å². The zero-order valence-electron chi connectivity index (χ0n) is 14.6. The minimum absolute atomic E-state index is 0. The van der Waals surface area contributed by atoms with Crippen molar-refractivity contribution in [3.05, 3.63) is 65.7 Å². The van der Waals surface area contributed by atoms with Crippen molar-refractivity contribution < 1.29 is 14.3 Å². The monoisotopic (exact) mass is 376 g/mol. The van der Waals surface area contributed by atoms with Crippen molar-refractivity contribution >= 4 is 18.3 Å². The third-order valence-electron chi connectivity index (χ3n) is 4.57. The summed E-state index contributed by atoms with van der Waals surface area (Å²) in [6, 6.07) is 18.0. The molecule has 0 radical (unpaired) electrons. The van der Waals surface area contributed by atoms with E-state index in [1.807, 2.05) is 54.6 Å². The highest BCUT2D eigenvalue weighted by Crippen LogP contribution is 2.33. The van der Waals surface area contributed by atoms with Gasteiger partial charge in [0.25, 0.3) is 0 Å². The van der Waals surface area contributed by atoms with Gasteiger partial charge in [-0.15, -0.1) is 12.4 Å². The Morgan fingerprint density at radius 2 is 1.73 bits per heavy atom. The highest BCUT2D eigenvalue weighted by molar-refractivity contribution is 5.85. The fraction of sp³-hybridized carbons (Fsp3) is 0.350. The van der Waals surface area contributed by atoms with Gasteiger partial charge in [-0.3, -0.25) is 4.79 Å². The fourth-order valence-corrected chi connectivity index (χ4v) is 3.13. The summed E-state index contributed by atoms with van der Waals surface area (Å²) in [4.78, 5) is 11.9. The summed E-state index contributed by atoms with van der Waals surface area (Å²) in [7, 11) is 0. The summed E-state index contributed by atoms with van der Waals surface area (Å²) in [5.74, 6) is 0.659. The zero-order valence-corrected chi connectivity index (χ0v) is 15.5. The summed E-state index contributed by atoms with van der Waals surface area (Å²) in [6.45, 7) is 1.76. The fourth-order valence-electron chi connectivity index (χ4n) is 3.13. The molecule has 6 heteroatoms. The molecule has 3 rings (SSSR count). The summed E-state index contributed by atoms with van der Waals surface area (Å²) in [5.41, 5.74) is 7.26. The number of nitrogens with two attached hydrogens (primary N) is 1. The summed E-state index contributed by atoms with van der Waals surface area (Å²) >= 11 is 0. The van der Waals surface area contributed by atoms with Crippen molar-refractivity contribution in [2.75, 3.05) is 19.8 Å². The van der Waals surface area contributed by atoms with Gasteiger partial charge in [-0.25, -0.2) is 0 Å². The van der Waals surface area contributed by atoms with Crippen molar-refractivity contribution in [2.45, 2.75) is 25.0 Å². The second kappa shape index (κ2) is 9.57. The lowest BCUT2D eigenvalue weighted by Crippen LogP contribution is -2.51. The molecule has 1 aliphatic rings. The molecular formula is C20H25ClN2O3. The lowest BCUT2D eigenvalue weighted by molar-refractivity contribution is -0.123. The van der Waals surface area contributed by atoms with Crippen LogP contribution in [-0.2, 0) is 21.7 Å². The Kier molecular flexibility index (Phi) is 7.45. The molecule has 1 fully saturated rings. The van der Waals surface area contributed by atoms with Gasteiger partial charge in [0.15, 0.2) is 0 Å². The zero-order chi connectivity index (χ0) is 17.5. The number of halogens is 1. The molecule has 2 aromatic rings. The van der Waals surface area contributed by atoms with E-state index >= 15 is 0 Å². The van der Waals surface area contributed by atoms with Gasteiger partial charge in [-0.05, 0) is 36.1 Å². The maximum Gasteiger partial charge on any atom is 0.234 e. The van der Waals surface area contributed by atoms with E-state index < -0.39 is 5.54 Å². The maximum absolute atomic E-state index is 11.9. The van der Waals surface area contributed by atoms with Gasteiger partial charge >= 0.3 is 0 Å². The molecule has 0 aliphatic carbocycles. The van der Waals surface area contributed by atoms with Crippen LogP contribution < -0.4 is 15.8 Å².